The van der Waals surface area contributed by atoms with Crippen molar-refractivity contribution < 1.29 is 9.59 Å². The Balaban J connectivity index is 1.45. The molecule has 31 heavy (non-hydrogen) atoms. The molecule has 1 heterocycles. The lowest BCUT2D eigenvalue weighted by Gasteiger charge is -2.24. The summed E-state index contributed by atoms with van der Waals surface area (Å²) in [6.45, 7) is 2.66. The van der Waals surface area contributed by atoms with Gasteiger partial charge in [0.2, 0.25) is 5.91 Å². The Kier molecular flexibility index (Phi) is 6.73. The maximum atomic E-state index is 12.8. The minimum Gasteiger partial charge on any atom is -0.345 e. The van der Waals surface area contributed by atoms with Gasteiger partial charge in [-0.1, -0.05) is 79.7 Å². The SMILES string of the molecule is CC[C@H](NC(=O)c1ccc([C@H]2SCC(=O)N2Cc2ccccc2)cc1)c1ccccc1. The highest BCUT2D eigenvalue weighted by atomic mass is 32.2. The van der Waals surface area contributed by atoms with Crippen LogP contribution in [0.3, 0.4) is 0 Å². The van der Waals surface area contributed by atoms with Crippen LogP contribution in [0.5, 0.6) is 0 Å². The molecule has 158 valence electrons. The molecule has 0 aliphatic carbocycles. The van der Waals surface area contributed by atoms with Crippen LogP contribution in [-0.4, -0.2) is 22.5 Å². The molecule has 3 aromatic rings. The van der Waals surface area contributed by atoms with E-state index in [1.165, 1.54) is 0 Å². The lowest BCUT2D eigenvalue weighted by Crippen LogP contribution is -2.28. The standard InChI is InChI=1S/C26H26N2O2S/c1-2-23(20-11-7-4-8-12-20)27-25(30)21-13-15-22(16-14-21)26-28(24(29)18-31-26)17-19-9-5-3-6-10-19/h3-16,23,26H,2,17-18H2,1H3,(H,27,30)/t23-,26+/m0/s1. The van der Waals surface area contributed by atoms with Crippen LogP contribution in [-0.2, 0) is 11.3 Å². The van der Waals surface area contributed by atoms with Gasteiger partial charge in [-0.2, -0.15) is 0 Å². The molecular weight excluding hydrogens is 404 g/mol. The van der Waals surface area contributed by atoms with Gasteiger partial charge in [-0.15, -0.1) is 11.8 Å². The quantitative estimate of drug-likeness (QED) is 0.550. The van der Waals surface area contributed by atoms with Crippen LogP contribution in [0.25, 0.3) is 0 Å². The van der Waals surface area contributed by atoms with Crippen LogP contribution in [0, 0.1) is 0 Å². The number of nitrogens with zero attached hydrogens (tertiary/aromatic N) is 1. The van der Waals surface area contributed by atoms with E-state index in [9.17, 15) is 9.59 Å². The van der Waals surface area contributed by atoms with Crippen LogP contribution >= 0.6 is 11.8 Å². The van der Waals surface area contributed by atoms with Crippen LogP contribution in [0.2, 0.25) is 0 Å². The number of benzene rings is 3. The molecule has 1 N–H and O–H groups in total. The van der Waals surface area contributed by atoms with Gasteiger partial charge in [-0.05, 0) is 35.2 Å². The molecular formula is C26H26N2O2S. The monoisotopic (exact) mass is 430 g/mol. The van der Waals surface area contributed by atoms with E-state index in [2.05, 4.69) is 12.2 Å². The second-order valence-electron chi connectivity index (χ2n) is 7.64. The van der Waals surface area contributed by atoms with Crippen molar-refractivity contribution in [3.05, 3.63) is 107 Å². The van der Waals surface area contributed by atoms with E-state index in [0.717, 1.165) is 23.1 Å². The fraction of sp³-hybridized carbons (Fsp3) is 0.231. The zero-order chi connectivity index (χ0) is 21.6. The van der Waals surface area contributed by atoms with E-state index in [0.29, 0.717) is 17.9 Å². The summed E-state index contributed by atoms with van der Waals surface area (Å²) in [5.41, 5.74) is 3.89. The summed E-state index contributed by atoms with van der Waals surface area (Å²) in [5.74, 6) is 0.544. The third kappa shape index (κ3) is 5.00. The molecule has 4 nitrogen and oxygen atoms in total. The van der Waals surface area contributed by atoms with Gasteiger partial charge in [0.05, 0.1) is 11.8 Å². The molecule has 1 aliphatic rings. The third-order valence-electron chi connectivity index (χ3n) is 5.54. The lowest BCUT2D eigenvalue weighted by molar-refractivity contribution is -0.128. The number of thioether (sulfide) groups is 1. The highest BCUT2D eigenvalue weighted by Crippen LogP contribution is 2.39. The normalized spacial score (nSPS) is 16.9. The number of rotatable bonds is 7. The van der Waals surface area contributed by atoms with Crippen molar-refractivity contribution in [2.75, 3.05) is 5.75 Å². The molecule has 2 amide bonds. The van der Waals surface area contributed by atoms with Gasteiger partial charge in [0, 0.05) is 12.1 Å². The Labute approximate surface area is 187 Å². The minimum absolute atomic E-state index is 0.0160. The smallest absolute Gasteiger partial charge is 0.251 e. The molecule has 0 unspecified atom stereocenters. The van der Waals surface area contributed by atoms with Crippen LogP contribution in [0.4, 0.5) is 0 Å². The van der Waals surface area contributed by atoms with Gasteiger partial charge < -0.3 is 10.2 Å². The lowest BCUT2D eigenvalue weighted by atomic mass is 10.0. The molecule has 4 rings (SSSR count). The number of carbonyl (C=O) groups excluding carboxylic acids is 2. The topological polar surface area (TPSA) is 49.4 Å². The van der Waals surface area contributed by atoms with E-state index in [4.69, 9.17) is 0 Å². The van der Waals surface area contributed by atoms with Crippen molar-refractivity contribution in [1.29, 1.82) is 0 Å². The van der Waals surface area contributed by atoms with Crippen LogP contribution < -0.4 is 5.32 Å². The van der Waals surface area contributed by atoms with Crippen LogP contribution in [0.15, 0.2) is 84.9 Å². The number of hydrogen-bond acceptors (Lipinski definition) is 3. The fourth-order valence-electron chi connectivity index (χ4n) is 3.83. The van der Waals surface area contributed by atoms with Crippen molar-refractivity contribution >= 4 is 23.6 Å². The summed E-state index contributed by atoms with van der Waals surface area (Å²) >= 11 is 1.63. The highest BCUT2D eigenvalue weighted by molar-refractivity contribution is 8.00. The van der Waals surface area contributed by atoms with Crippen molar-refractivity contribution in [2.24, 2.45) is 0 Å². The summed E-state index contributed by atoms with van der Waals surface area (Å²) in [6, 6.07) is 27.7. The molecule has 5 heteroatoms. The molecule has 2 atom stereocenters. The van der Waals surface area contributed by atoms with Gasteiger partial charge in [0.15, 0.2) is 0 Å². The molecule has 1 saturated heterocycles. The number of carbonyl (C=O) groups is 2. The maximum Gasteiger partial charge on any atom is 0.251 e. The van der Waals surface area contributed by atoms with Gasteiger partial charge in [-0.3, -0.25) is 9.59 Å². The number of nitrogens with one attached hydrogen (secondary N) is 1. The van der Waals surface area contributed by atoms with E-state index in [-0.39, 0.29) is 23.2 Å². The van der Waals surface area contributed by atoms with E-state index >= 15 is 0 Å². The van der Waals surface area contributed by atoms with E-state index < -0.39 is 0 Å². The zero-order valence-corrected chi connectivity index (χ0v) is 18.3. The first kappa shape index (κ1) is 21.2. The van der Waals surface area contributed by atoms with Crippen LogP contribution in [0.1, 0.15) is 51.8 Å². The van der Waals surface area contributed by atoms with Crippen molar-refractivity contribution in [1.82, 2.24) is 10.2 Å². The largest absolute Gasteiger partial charge is 0.345 e. The molecule has 0 aromatic heterocycles. The maximum absolute atomic E-state index is 12.8. The zero-order valence-electron chi connectivity index (χ0n) is 17.5. The molecule has 1 fully saturated rings. The Morgan fingerprint density at radius 2 is 1.65 bits per heavy atom. The average Bonchev–Trinajstić information content (AvgIpc) is 3.18. The van der Waals surface area contributed by atoms with Crippen molar-refractivity contribution in [2.45, 2.75) is 31.3 Å². The molecule has 1 aliphatic heterocycles. The Morgan fingerprint density at radius 1 is 1.00 bits per heavy atom. The highest BCUT2D eigenvalue weighted by Gasteiger charge is 2.32. The second kappa shape index (κ2) is 9.84. The van der Waals surface area contributed by atoms with Gasteiger partial charge in [0.1, 0.15) is 5.37 Å². The second-order valence-corrected chi connectivity index (χ2v) is 8.71. The first-order valence-electron chi connectivity index (χ1n) is 10.6. The minimum atomic E-state index is -0.0847. The third-order valence-corrected chi connectivity index (χ3v) is 6.79. The van der Waals surface area contributed by atoms with Gasteiger partial charge >= 0.3 is 0 Å². The number of amides is 2. The predicted octanol–water partition coefficient (Wildman–Crippen LogP) is 5.34. The summed E-state index contributed by atoms with van der Waals surface area (Å²) in [5, 5.41) is 3.10. The molecule has 0 spiro atoms. The Bertz CT molecular complexity index is 1020. The first-order valence-corrected chi connectivity index (χ1v) is 11.6. The summed E-state index contributed by atoms with van der Waals surface area (Å²) in [6.07, 6.45) is 0.823. The van der Waals surface area contributed by atoms with Gasteiger partial charge in [-0.25, -0.2) is 0 Å². The first-order chi connectivity index (χ1) is 15.2. The van der Waals surface area contributed by atoms with Crippen molar-refractivity contribution in [3.8, 4) is 0 Å². The summed E-state index contributed by atoms with van der Waals surface area (Å²) in [4.78, 5) is 27.2. The summed E-state index contributed by atoms with van der Waals surface area (Å²) < 4.78 is 0. The van der Waals surface area contributed by atoms with Crippen molar-refractivity contribution in [3.63, 3.8) is 0 Å². The average molecular weight is 431 g/mol. The van der Waals surface area contributed by atoms with E-state index in [1.54, 1.807) is 11.8 Å². The van der Waals surface area contributed by atoms with E-state index in [1.807, 2.05) is 89.8 Å². The predicted molar refractivity (Wildman–Crippen MR) is 126 cm³/mol. The molecule has 0 saturated carbocycles. The van der Waals surface area contributed by atoms with Gasteiger partial charge in [0.25, 0.3) is 5.91 Å². The fourth-order valence-corrected chi connectivity index (χ4v) is 5.02. The molecule has 0 radical (unpaired) electrons. The molecule has 0 bridgehead atoms. The summed E-state index contributed by atoms with van der Waals surface area (Å²) in [7, 11) is 0. The Morgan fingerprint density at radius 3 is 2.29 bits per heavy atom. The number of hydrogen-bond donors (Lipinski definition) is 1. The molecule has 3 aromatic carbocycles. The Hall–Kier alpha value is -3.05.